The van der Waals surface area contributed by atoms with E-state index < -0.39 is 9.84 Å². The van der Waals surface area contributed by atoms with Gasteiger partial charge < -0.3 is 9.88 Å². The predicted octanol–water partition coefficient (Wildman–Crippen LogP) is 4.07. The van der Waals surface area contributed by atoms with Gasteiger partial charge in [0, 0.05) is 30.5 Å². The van der Waals surface area contributed by atoms with E-state index in [9.17, 15) is 13.2 Å². The molecule has 34 heavy (non-hydrogen) atoms. The Kier molecular flexibility index (Phi) is 6.99. The van der Waals surface area contributed by atoms with Gasteiger partial charge in [-0.05, 0) is 50.2 Å². The number of imidazole rings is 1. The molecule has 0 aliphatic rings. The summed E-state index contributed by atoms with van der Waals surface area (Å²) in [5.74, 6) is 0.849. The van der Waals surface area contributed by atoms with Crippen LogP contribution in [0.3, 0.4) is 0 Å². The van der Waals surface area contributed by atoms with E-state index in [-0.39, 0.29) is 23.0 Å². The first-order valence-corrected chi connectivity index (χ1v) is 13.3. The fraction of sp³-hybridized carbons (Fsp3) is 0.250. The molecular weight excluding hydrogens is 470 g/mol. The van der Waals surface area contributed by atoms with E-state index in [1.54, 1.807) is 30.3 Å². The van der Waals surface area contributed by atoms with Gasteiger partial charge in [-0.25, -0.2) is 23.4 Å². The van der Waals surface area contributed by atoms with Crippen molar-refractivity contribution in [1.29, 1.82) is 0 Å². The standard InChI is InChI=1S/C24H25N5O3S2/c1-16-13-17(2)26-24(25-16)33-15-22-28-20-14-18(9-10-21(20)29(22)3)27-23(30)11-12-34(31,32)19-7-5-4-6-8-19/h4-10,13-14H,11-12,15H2,1-3H3,(H,27,30). The molecule has 0 aliphatic heterocycles. The maximum Gasteiger partial charge on any atom is 0.225 e. The van der Waals surface area contributed by atoms with Gasteiger partial charge in [0.05, 0.1) is 27.4 Å². The second-order valence-corrected chi connectivity index (χ2v) is 11.0. The summed E-state index contributed by atoms with van der Waals surface area (Å²) in [6, 6.07) is 15.5. The van der Waals surface area contributed by atoms with E-state index in [1.807, 2.05) is 37.6 Å². The topological polar surface area (TPSA) is 107 Å². The van der Waals surface area contributed by atoms with E-state index in [4.69, 9.17) is 4.98 Å². The second-order valence-electron chi connectivity index (χ2n) is 7.94. The van der Waals surface area contributed by atoms with Crippen LogP contribution >= 0.6 is 11.8 Å². The lowest BCUT2D eigenvalue weighted by atomic mass is 10.2. The molecule has 10 heteroatoms. The third-order valence-corrected chi connectivity index (χ3v) is 7.82. The Balaban J connectivity index is 1.41. The maximum atomic E-state index is 12.4. The van der Waals surface area contributed by atoms with Crippen LogP contribution in [0, 0.1) is 13.8 Å². The number of hydrogen-bond acceptors (Lipinski definition) is 7. The molecule has 0 spiro atoms. The van der Waals surface area contributed by atoms with Crippen molar-refractivity contribution in [1.82, 2.24) is 19.5 Å². The van der Waals surface area contributed by atoms with E-state index in [1.165, 1.54) is 23.9 Å². The molecular formula is C24H25N5O3S2. The van der Waals surface area contributed by atoms with Crippen molar-refractivity contribution in [2.45, 2.75) is 36.1 Å². The minimum atomic E-state index is -3.51. The molecule has 0 atom stereocenters. The lowest BCUT2D eigenvalue weighted by Crippen LogP contribution is -2.17. The normalized spacial score (nSPS) is 11.6. The molecule has 8 nitrogen and oxygen atoms in total. The van der Waals surface area contributed by atoms with Gasteiger partial charge in [-0.2, -0.15) is 0 Å². The Labute approximate surface area is 202 Å². The summed E-state index contributed by atoms with van der Waals surface area (Å²) in [4.78, 5) is 26.2. The molecule has 0 aliphatic carbocycles. The number of carbonyl (C=O) groups is 1. The summed E-state index contributed by atoms with van der Waals surface area (Å²) in [6.45, 7) is 3.89. The van der Waals surface area contributed by atoms with E-state index in [0.29, 0.717) is 16.6 Å². The number of thioether (sulfide) groups is 1. The first-order chi connectivity index (χ1) is 16.2. The summed E-state index contributed by atoms with van der Waals surface area (Å²) in [5.41, 5.74) is 4.11. The van der Waals surface area contributed by atoms with Crippen molar-refractivity contribution in [3.63, 3.8) is 0 Å². The van der Waals surface area contributed by atoms with Crippen molar-refractivity contribution in [3.05, 3.63) is 71.8 Å². The summed E-state index contributed by atoms with van der Waals surface area (Å²) < 4.78 is 26.8. The number of amides is 1. The van der Waals surface area contributed by atoms with Crippen molar-refractivity contribution in [2.75, 3.05) is 11.1 Å². The van der Waals surface area contributed by atoms with Gasteiger partial charge in [-0.15, -0.1) is 0 Å². The molecule has 0 radical (unpaired) electrons. The van der Waals surface area contributed by atoms with Crippen molar-refractivity contribution in [2.24, 2.45) is 7.05 Å². The van der Waals surface area contributed by atoms with Gasteiger partial charge in [-0.1, -0.05) is 30.0 Å². The average molecular weight is 496 g/mol. The Bertz CT molecular complexity index is 1430. The number of hydrogen-bond donors (Lipinski definition) is 1. The fourth-order valence-electron chi connectivity index (χ4n) is 3.54. The van der Waals surface area contributed by atoms with Crippen molar-refractivity contribution < 1.29 is 13.2 Å². The monoisotopic (exact) mass is 495 g/mol. The number of sulfone groups is 1. The second kappa shape index (κ2) is 9.94. The molecule has 0 bridgehead atoms. The van der Waals surface area contributed by atoms with E-state index >= 15 is 0 Å². The molecule has 1 N–H and O–H groups in total. The number of carbonyl (C=O) groups excluding carboxylic acids is 1. The number of fused-ring (bicyclic) bond motifs is 1. The smallest absolute Gasteiger partial charge is 0.225 e. The highest BCUT2D eigenvalue weighted by atomic mass is 32.2. The van der Waals surface area contributed by atoms with Crippen LogP contribution in [0.1, 0.15) is 23.6 Å². The SMILES string of the molecule is Cc1cc(C)nc(SCc2nc3cc(NC(=O)CCS(=O)(=O)c4ccccc4)ccc3n2C)n1. The van der Waals surface area contributed by atoms with Crippen LogP contribution in [0.25, 0.3) is 11.0 Å². The minimum absolute atomic E-state index is 0.130. The Morgan fingerprint density at radius 1 is 1.00 bits per heavy atom. The number of nitrogens with zero attached hydrogens (tertiary/aromatic N) is 4. The molecule has 4 rings (SSSR count). The minimum Gasteiger partial charge on any atom is -0.330 e. The number of rotatable bonds is 8. The highest BCUT2D eigenvalue weighted by molar-refractivity contribution is 7.98. The van der Waals surface area contributed by atoms with Crippen LogP contribution in [0.15, 0.2) is 64.6 Å². The summed E-state index contributed by atoms with van der Waals surface area (Å²) in [5, 5.41) is 3.49. The molecule has 0 saturated heterocycles. The van der Waals surface area contributed by atoms with Crippen LogP contribution in [0.4, 0.5) is 5.69 Å². The van der Waals surface area contributed by atoms with Gasteiger partial charge in [0.25, 0.3) is 0 Å². The van der Waals surface area contributed by atoms with Gasteiger partial charge >= 0.3 is 0 Å². The number of aromatic nitrogens is 4. The van der Waals surface area contributed by atoms with E-state index in [0.717, 1.165) is 28.2 Å². The predicted molar refractivity (Wildman–Crippen MR) is 134 cm³/mol. The summed E-state index contributed by atoms with van der Waals surface area (Å²) in [6.07, 6.45) is -0.130. The molecule has 176 valence electrons. The number of anilines is 1. The fourth-order valence-corrected chi connectivity index (χ4v) is 5.74. The molecule has 2 heterocycles. The van der Waals surface area contributed by atoms with Gasteiger partial charge in [0.1, 0.15) is 5.82 Å². The number of aryl methyl sites for hydroxylation is 3. The average Bonchev–Trinajstić information content (AvgIpc) is 3.11. The molecule has 1 amide bonds. The Morgan fingerprint density at radius 2 is 1.71 bits per heavy atom. The molecule has 2 aromatic carbocycles. The van der Waals surface area contributed by atoms with Gasteiger partial charge in [0.2, 0.25) is 5.91 Å². The van der Waals surface area contributed by atoms with Crippen LogP contribution < -0.4 is 5.32 Å². The summed E-state index contributed by atoms with van der Waals surface area (Å²) >= 11 is 1.52. The van der Waals surface area contributed by atoms with Crippen molar-refractivity contribution >= 4 is 44.2 Å². The number of benzene rings is 2. The third kappa shape index (κ3) is 5.63. The largest absolute Gasteiger partial charge is 0.330 e. The van der Waals surface area contributed by atoms with Gasteiger partial charge in [0.15, 0.2) is 15.0 Å². The molecule has 4 aromatic rings. The molecule has 2 aromatic heterocycles. The molecule has 0 saturated carbocycles. The molecule has 0 fully saturated rings. The summed E-state index contributed by atoms with van der Waals surface area (Å²) in [7, 11) is -1.56. The Hall–Kier alpha value is -3.24. The lowest BCUT2D eigenvalue weighted by molar-refractivity contribution is -0.115. The van der Waals surface area contributed by atoms with Crippen LogP contribution in [0.5, 0.6) is 0 Å². The van der Waals surface area contributed by atoms with Crippen LogP contribution in [-0.2, 0) is 27.4 Å². The Morgan fingerprint density at radius 3 is 2.41 bits per heavy atom. The van der Waals surface area contributed by atoms with Gasteiger partial charge in [-0.3, -0.25) is 4.79 Å². The zero-order chi connectivity index (χ0) is 24.3. The van der Waals surface area contributed by atoms with E-state index in [2.05, 4.69) is 15.3 Å². The lowest BCUT2D eigenvalue weighted by Gasteiger charge is -2.07. The number of nitrogens with one attached hydrogen (secondary N) is 1. The molecule has 0 unspecified atom stereocenters. The van der Waals surface area contributed by atoms with Crippen LogP contribution in [0.2, 0.25) is 0 Å². The van der Waals surface area contributed by atoms with Crippen molar-refractivity contribution in [3.8, 4) is 0 Å². The quantitative estimate of drug-likeness (QED) is 0.290. The van der Waals surface area contributed by atoms with Crippen LogP contribution in [-0.4, -0.2) is 39.6 Å². The maximum absolute atomic E-state index is 12.4. The zero-order valence-corrected chi connectivity index (χ0v) is 20.8. The zero-order valence-electron chi connectivity index (χ0n) is 19.1. The first-order valence-electron chi connectivity index (χ1n) is 10.7. The highest BCUT2D eigenvalue weighted by Gasteiger charge is 2.17. The highest BCUT2D eigenvalue weighted by Crippen LogP contribution is 2.24. The third-order valence-electron chi connectivity index (χ3n) is 5.25. The first kappa shape index (κ1) is 23.9.